The van der Waals surface area contributed by atoms with Crippen molar-refractivity contribution in [2.45, 2.75) is 91.7 Å². The van der Waals surface area contributed by atoms with Gasteiger partial charge in [-0.15, -0.1) is 0 Å². The van der Waals surface area contributed by atoms with Gasteiger partial charge in [0.25, 0.3) is 9.28 Å². The minimum atomic E-state index is -5.42. The Bertz CT molecular complexity index is 3700. The van der Waals surface area contributed by atoms with Gasteiger partial charge in [-0.1, -0.05) is 243 Å². The lowest BCUT2D eigenvalue weighted by Crippen LogP contribution is -2.93. The van der Waals surface area contributed by atoms with Crippen molar-refractivity contribution in [1.29, 1.82) is 0 Å². The van der Waals surface area contributed by atoms with Gasteiger partial charge in [-0.2, -0.15) is 0 Å². The molecule has 6 atom stereocenters. The SMILES string of the molecule is C[SiH](O[Si](C)(C)C)O[Si](C)(C)O[Si]1(C)O[Si]2(c3ccccc3)O[Si]3(c4ccccc4)O[Si]4(c5ccccc5)O[Si](C)(O[SiH](C)O[Si](C)(C)O[Si](C)(C)C)O[Si]5(c6ccccc6)O[Si](c6ccccc6)(O[Si](c6ccccc6)(O1)O[Si](c1ccccc1)(O5)O[Si](c1ccccc1)(O4)O2)O3. The summed E-state index contributed by atoms with van der Waals surface area (Å²) in [6, 6.07) is 76.2. The second-order valence-electron chi connectivity index (χ2n) is 27.4. The van der Waals surface area contributed by atoms with Gasteiger partial charge >= 0.3 is 114 Å². The Balaban J connectivity index is 1.27. The molecule has 6 aliphatic heterocycles. The first-order valence-electron chi connectivity index (χ1n) is 32.7. The summed E-state index contributed by atoms with van der Waals surface area (Å²) in [5.41, 5.74) is 0. The maximum absolute atomic E-state index is 8.67. The van der Waals surface area contributed by atoms with Crippen molar-refractivity contribution in [3.63, 3.8) is 0 Å². The molecule has 0 N–H and O–H groups in total. The third-order valence-electron chi connectivity index (χ3n) is 15.8. The van der Waals surface area contributed by atoms with Crippen molar-refractivity contribution < 1.29 is 82.3 Å². The second kappa shape index (κ2) is 27.5. The minimum absolute atomic E-state index is 0.415. The fourth-order valence-corrected chi connectivity index (χ4v) is 92.1. The molecule has 0 saturated carbocycles. The van der Waals surface area contributed by atoms with Gasteiger partial charge < -0.3 is 82.3 Å². The Kier molecular flexibility index (Phi) is 20.4. The van der Waals surface area contributed by atoms with Gasteiger partial charge in [0.15, 0.2) is 16.6 Å². The molecule has 0 aliphatic carbocycles. The standard InChI is InChI=1S/C62H84O20Si16/c1-83(63-85(3,4)5)64-88(11,12)68-90(14)71-93(57-43-27-17-28-44-57)77-95(59-47-31-19-32-48-59)73-91(55-39-23-15-24-40-55)69-89(13,66-84(2)65-87(9,10)67-86(6,7)8)70-92(56-41-25-16-26-42-56)75-97(81-95,61-51-35-21-36-52-61)79-94(72-90,58-45-29-18-30-46-58)80-98(76-92,62-53-37-22-38-54-62)82-96(74-91,78-93)60-49-33-20-34-50-60/h15-54,83-84H,1-14H3. The van der Waals surface area contributed by atoms with Crippen LogP contribution >= 0.6 is 0 Å². The summed E-state index contributed by atoms with van der Waals surface area (Å²) in [5, 5.41) is 3.42. The highest BCUT2D eigenvalue weighted by molar-refractivity contribution is 7.13. The fraction of sp³-hybridized carbons (Fsp3) is 0.226. The first-order chi connectivity index (χ1) is 46.4. The number of rotatable bonds is 20. The quantitative estimate of drug-likeness (QED) is 0.0706. The van der Waals surface area contributed by atoms with E-state index in [-0.39, 0.29) is 0 Å². The van der Waals surface area contributed by atoms with Crippen LogP contribution in [0.1, 0.15) is 0 Å². The van der Waals surface area contributed by atoms with Gasteiger partial charge in [-0.25, -0.2) is 0 Å². The maximum atomic E-state index is 8.67. The molecule has 20 nitrogen and oxygen atoms in total. The summed E-state index contributed by atoms with van der Waals surface area (Å²) in [7, 11) is -69.1. The van der Waals surface area contributed by atoms with E-state index in [0.717, 1.165) is 0 Å². The molecular weight excluding hydrogens is 1510 g/mol. The van der Waals surface area contributed by atoms with E-state index < -0.39 is 140 Å². The number of benzene rings is 8. The molecule has 0 aromatic heterocycles. The first-order valence-corrected chi connectivity index (χ1v) is 67.6. The zero-order chi connectivity index (χ0) is 69.2. The van der Waals surface area contributed by atoms with Gasteiger partial charge in [-0.05, 0) is 78.6 Å². The monoisotopic (exact) mass is 1600 g/mol. The van der Waals surface area contributed by atoms with E-state index in [1.54, 1.807) is 0 Å². The molecule has 0 spiro atoms. The molecule has 0 radical (unpaired) electrons. The van der Waals surface area contributed by atoms with Crippen LogP contribution in [0.15, 0.2) is 243 Å². The highest BCUT2D eigenvalue weighted by Gasteiger charge is 2.84. The van der Waals surface area contributed by atoms with Crippen molar-refractivity contribution in [2.24, 2.45) is 0 Å². The van der Waals surface area contributed by atoms with Crippen LogP contribution in [0.25, 0.3) is 0 Å². The molecule has 36 heteroatoms. The molecule has 8 aromatic rings. The molecule has 8 bridgehead atoms. The molecule has 6 saturated heterocycles. The zero-order valence-corrected chi connectivity index (χ0v) is 73.7. The van der Waals surface area contributed by atoms with E-state index in [2.05, 4.69) is 39.3 Å². The van der Waals surface area contributed by atoms with E-state index in [4.69, 9.17) is 82.3 Å². The van der Waals surface area contributed by atoms with Gasteiger partial charge in [0, 0.05) is 54.6 Å². The highest BCUT2D eigenvalue weighted by atomic mass is 28.6. The summed E-state index contributed by atoms with van der Waals surface area (Å²) in [4.78, 5) is 0. The average molecular weight is 1600 g/mol. The number of fused-ring (bicyclic) bond motifs is 4. The smallest absolute Gasteiger partial charge is 0.439 e. The number of hydrogen-bond acceptors (Lipinski definition) is 20. The Morgan fingerprint density at radius 3 is 0.663 bits per heavy atom. The second-order valence-corrected chi connectivity index (χ2v) is 77.5. The Morgan fingerprint density at radius 1 is 0.245 bits per heavy atom. The maximum Gasteiger partial charge on any atom is 0.515 e. The molecule has 6 heterocycles. The van der Waals surface area contributed by atoms with Gasteiger partial charge in [0.2, 0.25) is 0 Å². The van der Waals surface area contributed by atoms with Crippen LogP contribution in [0.3, 0.4) is 0 Å². The lowest BCUT2D eigenvalue weighted by Gasteiger charge is -2.60. The third-order valence-corrected chi connectivity index (χ3v) is 78.1. The molecule has 6 unspecified atom stereocenters. The fourth-order valence-electron chi connectivity index (χ4n) is 12.8. The van der Waals surface area contributed by atoms with Crippen molar-refractivity contribution in [1.82, 2.24) is 0 Å². The predicted molar refractivity (Wildman–Crippen MR) is 407 cm³/mol. The molecule has 8 aromatic carbocycles. The van der Waals surface area contributed by atoms with Crippen molar-refractivity contribution in [2.75, 3.05) is 0 Å². The van der Waals surface area contributed by atoms with Crippen LogP contribution in [0.5, 0.6) is 0 Å². The lowest BCUT2D eigenvalue weighted by atomic mass is 10.4. The normalized spacial score (nSPS) is 32.0. The Morgan fingerprint density at radius 2 is 0.449 bits per heavy atom. The molecular formula is C62H84O20Si16. The third kappa shape index (κ3) is 15.3. The van der Waals surface area contributed by atoms with Crippen LogP contribution in [-0.4, -0.2) is 140 Å². The summed E-state index contributed by atoms with van der Waals surface area (Å²) in [6.07, 6.45) is 0. The average Bonchev–Trinajstić information content (AvgIpc) is 0.676. The molecule has 0 amide bonds. The van der Waals surface area contributed by atoms with Crippen LogP contribution < -0.4 is 41.5 Å². The van der Waals surface area contributed by atoms with Gasteiger partial charge in [0.1, 0.15) is 0 Å². The largest absolute Gasteiger partial charge is 0.515 e. The van der Waals surface area contributed by atoms with Crippen molar-refractivity contribution in [3.05, 3.63) is 243 Å². The van der Waals surface area contributed by atoms with E-state index in [9.17, 15) is 0 Å². The van der Waals surface area contributed by atoms with Crippen LogP contribution in [-0.2, 0) is 82.3 Å². The van der Waals surface area contributed by atoms with E-state index in [1.807, 2.05) is 295 Å². The summed E-state index contributed by atoms with van der Waals surface area (Å²) >= 11 is 0. The van der Waals surface area contributed by atoms with Crippen molar-refractivity contribution in [3.8, 4) is 0 Å². The predicted octanol–water partition coefficient (Wildman–Crippen LogP) is 7.07. The Hall–Kier alpha value is -3.57. The van der Waals surface area contributed by atoms with E-state index in [1.165, 1.54) is 0 Å². The number of hydrogen-bond donors (Lipinski definition) is 0. The highest BCUT2D eigenvalue weighted by Crippen LogP contribution is 2.48. The molecule has 6 aliphatic rings. The summed E-state index contributed by atoms with van der Waals surface area (Å²) in [6.45, 7) is 28.5. The lowest BCUT2D eigenvalue weighted by molar-refractivity contribution is 0.0135. The Labute approximate surface area is 593 Å². The zero-order valence-electron chi connectivity index (χ0n) is 57.4. The van der Waals surface area contributed by atoms with Crippen LogP contribution in [0.2, 0.25) is 91.7 Å². The summed E-state index contributed by atoms with van der Waals surface area (Å²) in [5.74, 6) is 0. The van der Waals surface area contributed by atoms with Crippen LogP contribution in [0, 0.1) is 0 Å². The first kappa shape index (κ1) is 72.8. The molecule has 14 rings (SSSR count). The van der Waals surface area contributed by atoms with Gasteiger partial charge in [-0.3, -0.25) is 0 Å². The topological polar surface area (TPSA) is 185 Å². The van der Waals surface area contributed by atoms with E-state index >= 15 is 0 Å². The molecule has 6 fully saturated rings. The molecule has 98 heavy (non-hydrogen) atoms. The van der Waals surface area contributed by atoms with E-state index in [0.29, 0.717) is 41.5 Å². The summed E-state index contributed by atoms with van der Waals surface area (Å²) < 4.78 is 164. The van der Waals surface area contributed by atoms with Crippen LogP contribution in [0.4, 0.5) is 0 Å². The van der Waals surface area contributed by atoms with Crippen molar-refractivity contribution >= 4 is 182 Å². The molecule has 516 valence electrons. The van der Waals surface area contributed by atoms with Gasteiger partial charge in [0.05, 0.1) is 0 Å². The minimum Gasteiger partial charge on any atom is -0.439 e.